The second-order valence-corrected chi connectivity index (χ2v) is 9.07. The summed E-state index contributed by atoms with van der Waals surface area (Å²) in [4.78, 5) is 31.4. The lowest BCUT2D eigenvalue weighted by Gasteiger charge is -2.22. The fraction of sp³-hybridized carbons (Fsp3) is 0.259. The van der Waals surface area contributed by atoms with Crippen LogP contribution in [-0.4, -0.2) is 49.9 Å². The lowest BCUT2D eigenvalue weighted by molar-refractivity contribution is 0.0995. The van der Waals surface area contributed by atoms with Crippen molar-refractivity contribution in [1.29, 1.82) is 0 Å². The van der Waals surface area contributed by atoms with Gasteiger partial charge in [-0.25, -0.2) is 4.39 Å². The number of nitrogens with one attached hydrogen (secondary N) is 1. The van der Waals surface area contributed by atoms with E-state index in [4.69, 9.17) is 0 Å². The van der Waals surface area contributed by atoms with Gasteiger partial charge >= 0.3 is 0 Å². The monoisotopic (exact) mass is 458 g/mol. The van der Waals surface area contributed by atoms with Crippen LogP contribution in [0.1, 0.15) is 32.7 Å². The summed E-state index contributed by atoms with van der Waals surface area (Å²) in [6, 6.07) is 19.7. The minimum atomic E-state index is -0.462. The second kappa shape index (κ2) is 8.91. The summed E-state index contributed by atoms with van der Waals surface area (Å²) >= 11 is 0. The number of rotatable bonds is 5. The quantitative estimate of drug-likeness (QED) is 0.617. The van der Waals surface area contributed by atoms with E-state index in [2.05, 4.69) is 29.2 Å². The van der Waals surface area contributed by atoms with Gasteiger partial charge in [0.1, 0.15) is 5.82 Å². The molecule has 0 aliphatic carbocycles. The molecule has 34 heavy (non-hydrogen) atoms. The van der Waals surface area contributed by atoms with Gasteiger partial charge in [-0.05, 0) is 74.6 Å². The van der Waals surface area contributed by atoms with Gasteiger partial charge in [0.05, 0.1) is 12.2 Å². The molecule has 1 saturated heterocycles. The first-order valence-electron chi connectivity index (χ1n) is 11.4. The molecular formula is C27H27FN4O2. The largest absolute Gasteiger partial charge is 0.370 e. The molecule has 1 N–H and O–H groups in total. The Hall–Kier alpha value is -3.71. The maximum absolute atomic E-state index is 14.8. The van der Waals surface area contributed by atoms with E-state index in [1.54, 1.807) is 35.2 Å². The third-order valence-corrected chi connectivity index (χ3v) is 6.72. The summed E-state index contributed by atoms with van der Waals surface area (Å²) in [5.41, 5.74) is 3.76. The van der Waals surface area contributed by atoms with Gasteiger partial charge in [-0.1, -0.05) is 18.2 Å². The van der Waals surface area contributed by atoms with Crippen molar-refractivity contribution in [3.63, 3.8) is 0 Å². The summed E-state index contributed by atoms with van der Waals surface area (Å²) in [7, 11) is 4.11. The lowest BCUT2D eigenvalue weighted by atomic mass is 10.1. The van der Waals surface area contributed by atoms with E-state index in [9.17, 15) is 14.0 Å². The van der Waals surface area contributed by atoms with Gasteiger partial charge in [0.15, 0.2) is 0 Å². The molecule has 7 heteroatoms. The average Bonchev–Trinajstić information content (AvgIpc) is 3.46. The van der Waals surface area contributed by atoms with E-state index in [-0.39, 0.29) is 11.6 Å². The highest BCUT2D eigenvalue weighted by molar-refractivity contribution is 6.10. The molecule has 3 aromatic rings. The molecule has 0 spiro atoms. The molecule has 3 aromatic carbocycles. The first-order valence-corrected chi connectivity index (χ1v) is 11.4. The van der Waals surface area contributed by atoms with Crippen molar-refractivity contribution in [2.45, 2.75) is 19.0 Å². The van der Waals surface area contributed by atoms with Crippen molar-refractivity contribution >= 4 is 28.9 Å². The molecule has 0 saturated carbocycles. The van der Waals surface area contributed by atoms with Gasteiger partial charge in [0.2, 0.25) is 0 Å². The average molecular weight is 459 g/mol. The summed E-state index contributed by atoms with van der Waals surface area (Å²) < 4.78 is 14.8. The number of benzene rings is 3. The normalized spacial score (nSPS) is 17.4. The first kappa shape index (κ1) is 22.1. The van der Waals surface area contributed by atoms with Gasteiger partial charge in [0, 0.05) is 41.6 Å². The zero-order chi connectivity index (χ0) is 23.8. The Morgan fingerprint density at radius 2 is 1.76 bits per heavy atom. The van der Waals surface area contributed by atoms with Crippen LogP contribution in [0.2, 0.25) is 0 Å². The molecule has 2 aliphatic heterocycles. The van der Waals surface area contributed by atoms with Gasteiger partial charge in [-0.3, -0.25) is 9.59 Å². The van der Waals surface area contributed by atoms with E-state index in [1.165, 1.54) is 6.07 Å². The van der Waals surface area contributed by atoms with Crippen molar-refractivity contribution in [2.24, 2.45) is 0 Å². The standard InChI is InChI=1S/C27H27FN4O2/c1-30(2)22-13-14-31(17-22)21-11-12-25(24(28)15-21)29-26(33)18-7-9-20(10-8-18)32-16-19-5-3-4-6-23(19)27(32)34/h3-12,15,22H,13-14,16-17H2,1-2H3,(H,29,33). The maximum atomic E-state index is 14.8. The van der Waals surface area contributed by atoms with Crippen LogP contribution in [0.15, 0.2) is 66.7 Å². The predicted molar refractivity (Wildman–Crippen MR) is 132 cm³/mol. The lowest BCUT2D eigenvalue weighted by Crippen LogP contribution is -2.31. The molecule has 0 aromatic heterocycles. The molecular weight excluding hydrogens is 431 g/mol. The second-order valence-electron chi connectivity index (χ2n) is 9.07. The van der Waals surface area contributed by atoms with Crippen molar-refractivity contribution in [3.05, 3.63) is 89.2 Å². The summed E-state index contributed by atoms with van der Waals surface area (Å²) in [6.07, 6.45) is 1.04. The third kappa shape index (κ3) is 4.15. The van der Waals surface area contributed by atoms with Gasteiger partial charge < -0.3 is 20.0 Å². The molecule has 0 radical (unpaired) electrons. The molecule has 2 amide bonds. The maximum Gasteiger partial charge on any atom is 0.258 e. The number of hydrogen-bond donors (Lipinski definition) is 1. The molecule has 1 unspecified atom stereocenters. The Morgan fingerprint density at radius 1 is 1.03 bits per heavy atom. The van der Waals surface area contributed by atoms with Crippen LogP contribution in [-0.2, 0) is 6.54 Å². The summed E-state index contributed by atoms with van der Waals surface area (Å²) in [6.45, 7) is 2.24. The molecule has 2 aliphatic rings. The predicted octanol–water partition coefficient (Wildman–Crippen LogP) is 4.38. The number of likely N-dealkylation sites (N-methyl/N-ethyl adjacent to an activating group) is 1. The molecule has 1 fully saturated rings. The van der Waals surface area contributed by atoms with Crippen LogP contribution in [0, 0.1) is 5.82 Å². The molecule has 6 nitrogen and oxygen atoms in total. The van der Waals surface area contributed by atoms with E-state index in [0.717, 1.165) is 36.4 Å². The fourth-order valence-corrected chi connectivity index (χ4v) is 4.65. The van der Waals surface area contributed by atoms with E-state index in [1.807, 2.05) is 30.3 Å². The highest BCUT2D eigenvalue weighted by Crippen LogP contribution is 2.29. The van der Waals surface area contributed by atoms with Crippen molar-refractivity contribution < 1.29 is 14.0 Å². The SMILES string of the molecule is CN(C)C1CCN(c2ccc(NC(=O)c3ccc(N4Cc5ccccc5C4=O)cc3)c(F)c2)C1. The van der Waals surface area contributed by atoms with Crippen molar-refractivity contribution in [3.8, 4) is 0 Å². The van der Waals surface area contributed by atoms with Gasteiger partial charge in [-0.15, -0.1) is 0 Å². The van der Waals surface area contributed by atoms with Crippen LogP contribution in [0.5, 0.6) is 0 Å². The number of amides is 2. The number of carbonyl (C=O) groups is 2. The van der Waals surface area contributed by atoms with Crippen LogP contribution in [0.4, 0.5) is 21.5 Å². The Bertz CT molecular complexity index is 1240. The number of carbonyl (C=O) groups excluding carboxylic acids is 2. The minimum Gasteiger partial charge on any atom is -0.370 e. The highest BCUT2D eigenvalue weighted by atomic mass is 19.1. The van der Waals surface area contributed by atoms with Gasteiger partial charge in [0.25, 0.3) is 11.8 Å². The topological polar surface area (TPSA) is 55.9 Å². The summed E-state index contributed by atoms with van der Waals surface area (Å²) in [5, 5.41) is 2.66. The van der Waals surface area contributed by atoms with E-state index >= 15 is 0 Å². The van der Waals surface area contributed by atoms with Crippen molar-refractivity contribution in [2.75, 3.05) is 42.3 Å². The summed E-state index contributed by atoms with van der Waals surface area (Å²) in [5.74, 6) is -0.913. The Balaban J connectivity index is 1.25. The Labute approximate surface area is 198 Å². The molecule has 174 valence electrons. The number of anilines is 3. The molecule has 0 bridgehead atoms. The van der Waals surface area contributed by atoms with Crippen molar-refractivity contribution in [1.82, 2.24) is 4.90 Å². The zero-order valence-corrected chi connectivity index (χ0v) is 19.3. The Morgan fingerprint density at radius 3 is 2.44 bits per heavy atom. The minimum absolute atomic E-state index is 0.0510. The van der Waals surface area contributed by atoms with Crippen LogP contribution in [0.25, 0.3) is 0 Å². The smallest absolute Gasteiger partial charge is 0.258 e. The van der Waals surface area contributed by atoms with Crippen LogP contribution < -0.4 is 15.1 Å². The number of fused-ring (bicyclic) bond motifs is 1. The molecule has 1 atom stereocenters. The van der Waals surface area contributed by atoms with Crippen LogP contribution in [0.3, 0.4) is 0 Å². The number of hydrogen-bond acceptors (Lipinski definition) is 4. The Kier molecular flexibility index (Phi) is 5.79. The highest BCUT2D eigenvalue weighted by Gasteiger charge is 2.28. The number of halogens is 1. The molecule has 5 rings (SSSR count). The fourth-order valence-electron chi connectivity index (χ4n) is 4.65. The zero-order valence-electron chi connectivity index (χ0n) is 19.3. The van der Waals surface area contributed by atoms with E-state index < -0.39 is 11.7 Å². The number of nitrogens with zero attached hydrogens (tertiary/aromatic N) is 3. The first-order chi connectivity index (χ1) is 16.4. The van der Waals surface area contributed by atoms with E-state index in [0.29, 0.717) is 23.7 Å². The van der Waals surface area contributed by atoms with Crippen LogP contribution >= 0.6 is 0 Å². The molecule has 2 heterocycles. The van der Waals surface area contributed by atoms with Gasteiger partial charge in [-0.2, -0.15) is 0 Å². The third-order valence-electron chi connectivity index (χ3n) is 6.72.